The molecule has 0 atom stereocenters. The van der Waals surface area contributed by atoms with Gasteiger partial charge in [0.05, 0.1) is 37.9 Å². The molecule has 0 radical (unpaired) electrons. The van der Waals surface area contributed by atoms with Crippen LogP contribution in [0.1, 0.15) is 25.4 Å². The van der Waals surface area contributed by atoms with E-state index in [2.05, 4.69) is 34.9 Å². The molecule has 5 aromatic rings. The van der Waals surface area contributed by atoms with Gasteiger partial charge in [0.25, 0.3) is 10.0 Å². The number of urea groups is 1. The van der Waals surface area contributed by atoms with E-state index in [0.29, 0.717) is 63.7 Å². The number of alkyl halides is 6. The number of halogens is 9. The van der Waals surface area contributed by atoms with Crippen LogP contribution < -0.4 is 19.8 Å². The predicted octanol–water partition coefficient (Wildman–Crippen LogP) is 7.52. The van der Waals surface area contributed by atoms with Crippen molar-refractivity contribution in [1.82, 2.24) is 34.9 Å². The van der Waals surface area contributed by atoms with E-state index < -0.39 is 40.3 Å². The minimum absolute atomic E-state index is 0.0114. The number of aryl methyl sites for hydroxylation is 2. The number of aromatic nitrogens is 4. The Kier molecular flexibility index (Phi) is 18.8. The van der Waals surface area contributed by atoms with Crippen molar-refractivity contribution in [3.05, 3.63) is 75.0 Å². The molecule has 2 aliphatic rings. The van der Waals surface area contributed by atoms with Gasteiger partial charge in [-0.25, -0.2) is 47.5 Å². The van der Waals surface area contributed by atoms with E-state index in [1.54, 1.807) is 30.9 Å². The smallest absolute Gasteiger partial charge is 0.475 e. The van der Waals surface area contributed by atoms with Crippen LogP contribution in [-0.4, -0.2) is 126 Å². The third kappa shape index (κ3) is 15.3. The SMILES string of the molecule is CCc1cnc(-c2cnc(N3CCN(C(=O)NS(=O)(=O)c4ccc(Cl)s4)CC3)c(Cl)c2)o1.CCc1cnc(-c2cnc(N3CCNCC3)c(Cl)c2)o1.O=C(O)C(F)(F)F.O=C(O)C(F)(F)F. The van der Waals surface area contributed by atoms with Gasteiger partial charge >= 0.3 is 30.3 Å². The molecule has 2 fully saturated rings. The first-order valence-corrected chi connectivity index (χ1v) is 22.5. The first-order chi connectivity index (χ1) is 30.9. The monoisotopic (exact) mass is 1040 g/mol. The van der Waals surface area contributed by atoms with E-state index >= 15 is 0 Å². The molecule has 2 amide bonds. The highest BCUT2D eigenvalue weighted by molar-refractivity contribution is 7.92. The maximum atomic E-state index is 12.5. The number of nitrogens with one attached hydrogen (secondary N) is 2. The summed E-state index contributed by atoms with van der Waals surface area (Å²) in [7, 11) is -3.96. The number of pyridine rings is 2. The number of sulfonamides is 1. The Bertz CT molecular complexity index is 2520. The maximum Gasteiger partial charge on any atom is 0.490 e. The molecule has 0 aromatic carbocycles. The summed E-state index contributed by atoms with van der Waals surface area (Å²) in [5.41, 5.74) is 1.49. The lowest BCUT2D eigenvalue weighted by atomic mass is 10.2. The zero-order valence-corrected chi connectivity index (χ0v) is 38.2. The number of hydrogen-bond acceptors (Lipinski definition) is 15. The van der Waals surface area contributed by atoms with Crippen LogP contribution in [0.25, 0.3) is 22.9 Å². The van der Waals surface area contributed by atoms with Crippen LogP contribution in [0.4, 0.5) is 42.8 Å². The lowest BCUT2D eigenvalue weighted by Crippen LogP contribution is -2.52. The van der Waals surface area contributed by atoms with E-state index in [0.717, 1.165) is 73.3 Å². The van der Waals surface area contributed by atoms with Crippen LogP contribution in [0.15, 0.2) is 62.1 Å². The second-order valence-corrected chi connectivity index (χ2v) is 17.8. The van der Waals surface area contributed by atoms with Crippen molar-refractivity contribution in [2.75, 3.05) is 62.2 Å². The largest absolute Gasteiger partial charge is 0.490 e. The van der Waals surface area contributed by atoms with Gasteiger partial charge in [0.2, 0.25) is 11.8 Å². The minimum atomic E-state index is -5.08. The molecule has 0 bridgehead atoms. The second-order valence-electron chi connectivity index (χ2n) is 13.3. The second kappa shape index (κ2) is 23.4. The number of nitrogens with zero attached hydrogens (tertiary/aromatic N) is 7. The average molecular weight is 1040 g/mol. The highest BCUT2D eigenvalue weighted by atomic mass is 35.5. The fraction of sp³-hybridized carbons (Fsp3) is 0.378. The van der Waals surface area contributed by atoms with Gasteiger partial charge in [-0.2, -0.15) is 26.3 Å². The van der Waals surface area contributed by atoms with Crippen LogP contribution >= 0.6 is 46.1 Å². The fourth-order valence-electron chi connectivity index (χ4n) is 5.44. The molecule has 0 unspecified atom stereocenters. The number of hydrogen-bond donors (Lipinski definition) is 4. The number of thiophene rings is 1. The molecule has 0 aliphatic carbocycles. The normalized spacial score (nSPS) is 14.2. The number of carboxylic acids is 2. The zero-order valence-electron chi connectivity index (χ0n) is 34.3. The number of amides is 2. The maximum absolute atomic E-state index is 12.5. The fourth-order valence-corrected chi connectivity index (χ4v) is 8.47. The number of anilines is 2. The molecule has 0 spiro atoms. The number of aliphatic carboxylic acids is 2. The third-order valence-corrected chi connectivity index (χ3v) is 12.3. The van der Waals surface area contributed by atoms with Crippen LogP contribution in [0.5, 0.6) is 0 Å². The molecular formula is C37H38Cl3F6N9O9S2. The summed E-state index contributed by atoms with van der Waals surface area (Å²) < 4.78 is 102. The van der Waals surface area contributed by atoms with E-state index in [9.17, 15) is 39.6 Å². The van der Waals surface area contributed by atoms with Crippen molar-refractivity contribution in [3.8, 4) is 22.9 Å². The zero-order chi connectivity index (χ0) is 49.0. The summed E-state index contributed by atoms with van der Waals surface area (Å²) in [6.07, 6.45) is -1.76. The molecule has 7 rings (SSSR count). The number of piperazine rings is 2. The van der Waals surface area contributed by atoms with Gasteiger partial charge in [0.15, 0.2) is 0 Å². The lowest BCUT2D eigenvalue weighted by Gasteiger charge is -2.35. The molecule has 5 aromatic heterocycles. The summed E-state index contributed by atoms with van der Waals surface area (Å²) in [5.74, 6) is -1.43. The summed E-state index contributed by atoms with van der Waals surface area (Å²) in [6, 6.07) is 5.76. The summed E-state index contributed by atoms with van der Waals surface area (Å²) >= 11 is 19.5. The van der Waals surface area contributed by atoms with Gasteiger partial charge in [-0.3, -0.25) is 0 Å². The first-order valence-electron chi connectivity index (χ1n) is 19.0. The van der Waals surface area contributed by atoms with E-state index in [1.165, 1.54) is 17.0 Å². The van der Waals surface area contributed by atoms with Crippen molar-refractivity contribution in [3.63, 3.8) is 0 Å². The molecular weight excluding hydrogens is 999 g/mol. The van der Waals surface area contributed by atoms with Crippen molar-refractivity contribution in [2.45, 2.75) is 43.3 Å². The Morgan fingerprint density at radius 2 is 1.15 bits per heavy atom. The molecule has 2 aliphatic heterocycles. The summed E-state index contributed by atoms with van der Waals surface area (Å²) in [6.45, 7) is 9.29. The van der Waals surface area contributed by atoms with Crippen LogP contribution in [0, 0.1) is 0 Å². The standard InChI is InChI=1S/C19H19Cl2N5O4S2.C14H17ClN4O.2C2HF3O2/c1-2-13-11-23-18(30-13)12-9-14(20)17(22-10-12)25-5-7-26(8-6-25)19(27)24-32(28,29)16-4-3-15(21)31-16;1-2-11-9-18-14(20-11)10-7-12(15)13(17-8-10)19-5-3-16-4-6-19;2*3-2(4,5)1(6)7/h3-4,9-11H,2,5-8H2,1H3,(H,24,27);7-9,16H,2-6H2,1H3;2*(H,6,7). The van der Waals surface area contributed by atoms with E-state index in [-0.39, 0.29) is 4.21 Å². The summed E-state index contributed by atoms with van der Waals surface area (Å²) in [5, 5.41) is 18.6. The topological polar surface area (TPSA) is 237 Å². The lowest BCUT2D eigenvalue weighted by molar-refractivity contribution is -0.193. The number of carbonyl (C=O) groups excluding carboxylic acids is 1. The van der Waals surface area contributed by atoms with Crippen molar-refractivity contribution < 1.29 is 68.2 Å². The Morgan fingerprint density at radius 3 is 1.50 bits per heavy atom. The highest BCUT2D eigenvalue weighted by Crippen LogP contribution is 2.31. The van der Waals surface area contributed by atoms with Crippen LogP contribution in [-0.2, 0) is 32.5 Å². The van der Waals surface area contributed by atoms with E-state index in [4.69, 9.17) is 63.4 Å². The Balaban J connectivity index is 0.000000236. The van der Waals surface area contributed by atoms with Crippen LogP contribution in [0.3, 0.4) is 0 Å². The number of rotatable bonds is 8. The molecule has 0 saturated carbocycles. The molecule has 2 saturated heterocycles. The van der Waals surface area contributed by atoms with Crippen molar-refractivity contribution >= 4 is 85.8 Å². The van der Waals surface area contributed by atoms with Gasteiger partial charge in [0.1, 0.15) is 27.4 Å². The van der Waals surface area contributed by atoms with Gasteiger partial charge in [-0.05, 0) is 24.3 Å². The third-order valence-electron chi connectivity index (χ3n) is 8.74. The first kappa shape index (κ1) is 53.2. The highest BCUT2D eigenvalue weighted by Gasteiger charge is 2.39. The quantitative estimate of drug-likeness (QED) is 0.110. The molecule has 18 nitrogen and oxygen atoms in total. The molecule has 66 heavy (non-hydrogen) atoms. The Labute approximate surface area is 390 Å². The molecule has 29 heteroatoms. The van der Waals surface area contributed by atoms with Crippen molar-refractivity contribution in [1.29, 1.82) is 0 Å². The minimum Gasteiger partial charge on any atom is -0.475 e. The van der Waals surface area contributed by atoms with Crippen LogP contribution in [0.2, 0.25) is 14.4 Å². The predicted molar refractivity (Wildman–Crippen MR) is 230 cm³/mol. The molecule has 4 N–H and O–H groups in total. The van der Waals surface area contributed by atoms with Crippen molar-refractivity contribution in [2.24, 2.45) is 0 Å². The average Bonchev–Trinajstić information content (AvgIpc) is 4.06. The summed E-state index contributed by atoms with van der Waals surface area (Å²) in [4.78, 5) is 53.2. The molecule has 7 heterocycles. The number of oxazole rings is 2. The van der Waals surface area contributed by atoms with Gasteiger partial charge in [-0.15, -0.1) is 11.3 Å². The van der Waals surface area contributed by atoms with E-state index in [1.807, 2.05) is 24.8 Å². The Morgan fingerprint density at radius 1 is 0.727 bits per heavy atom. The van der Waals surface area contributed by atoms with Gasteiger partial charge in [-0.1, -0.05) is 48.7 Å². The number of carbonyl (C=O) groups is 3. The molecule has 360 valence electrons. The van der Waals surface area contributed by atoms with Gasteiger partial charge in [0, 0.05) is 77.6 Å². The van der Waals surface area contributed by atoms with Gasteiger partial charge < -0.3 is 39.1 Å². The number of carboxylic acid groups (broad SMARTS) is 2. The Hall–Kier alpha value is -5.41.